The maximum absolute atomic E-state index is 13.8. The third-order valence-electron chi connectivity index (χ3n) is 7.82. The Morgan fingerprint density at radius 3 is 2.37 bits per heavy atom. The standard InChI is InChI=1S/C33H39N5O3S2/c1-3-41-28-15-13-25(14-16-28)34-31(39)24-30-32(40)38(27-11-7-12-29(23-27)43-2)33(42)37(30)18-8-17-35-19-21-36(22-20-35)26-9-5-4-6-10-26/h4-7,9-16,23,30H,3,8,17-22,24H2,1-2H3,(H,34,39). The van der Waals surface area contributed by atoms with E-state index in [4.69, 9.17) is 17.0 Å². The number of hydrogen-bond donors (Lipinski definition) is 1. The molecule has 2 aliphatic rings. The molecule has 2 fully saturated rings. The van der Waals surface area contributed by atoms with E-state index in [1.807, 2.05) is 60.5 Å². The van der Waals surface area contributed by atoms with Gasteiger partial charge in [-0.05, 0) is 93.0 Å². The molecule has 8 nitrogen and oxygen atoms in total. The Kier molecular flexibility index (Phi) is 10.6. The van der Waals surface area contributed by atoms with Crippen molar-refractivity contribution in [2.24, 2.45) is 0 Å². The number of para-hydroxylation sites is 1. The number of benzene rings is 3. The van der Waals surface area contributed by atoms with E-state index >= 15 is 0 Å². The number of nitrogens with zero attached hydrogens (tertiary/aromatic N) is 4. The Morgan fingerprint density at radius 2 is 1.67 bits per heavy atom. The fraction of sp³-hybridized carbons (Fsp3) is 0.364. The molecule has 5 rings (SSSR count). The highest BCUT2D eigenvalue weighted by Gasteiger charge is 2.44. The summed E-state index contributed by atoms with van der Waals surface area (Å²) < 4.78 is 5.50. The topological polar surface area (TPSA) is 68.4 Å². The van der Waals surface area contributed by atoms with Gasteiger partial charge in [-0.15, -0.1) is 11.8 Å². The number of hydrogen-bond acceptors (Lipinski definition) is 7. The molecule has 226 valence electrons. The molecule has 0 aromatic heterocycles. The van der Waals surface area contributed by atoms with E-state index in [0.717, 1.165) is 55.5 Å². The van der Waals surface area contributed by atoms with E-state index in [2.05, 4.69) is 39.4 Å². The third-order valence-corrected chi connectivity index (χ3v) is 8.97. The van der Waals surface area contributed by atoms with Crippen molar-refractivity contribution >= 4 is 58.0 Å². The molecule has 2 aliphatic heterocycles. The molecule has 2 saturated heterocycles. The Hall–Kier alpha value is -3.60. The number of carbonyl (C=O) groups is 2. The van der Waals surface area contributed by atoms with Crippen molar-refractivity contribution < 1.29 is 14.3 Å². The second kappa shape index (κ2) is 14.7. The molecule has 1 atom stereocenters. The van der Waals surface area contributed by atoms with Crippen LogP contribution in [0.1, 0.15) is 19.8 Å². The number of carbonyl (C=O) groups excluding carboxylic acids is 2. The van der Waals surface area contributed by atoms with Crippen molar-refractivity contribution in [3.05, 3.63) is 78.9 Å². The maximum atomic E-state index is 13.8. The first-order valence-electron chi connectivity index (χ1n) is 14.8. The number of piperazine rings is 1. The van der Waals surface area contributed by atoms with Crippen LogP contribution in [-0.4, -0.2) is 84.9 Å². The smallest absolute Gasteiger partial charge is 0.256 e. The lowest BCUT2D eigenvalue weighted by molar-refractivity contribution is -0.124. The average Bonchev–Trinajstić information content (AvgIpc) is 3.26. The van der Waals surface area contributed by atoms with Crippen LogP contribution in [-0.2, 0) is 9.59 Å². The zero-order chi connectivity index (χ0) is 30.2. The minimum atomic E-state index is -0.664. The van der Waals surface area contributed by atoms with Gasteiger partial charge in [0.25, 0.3) is 5.91 Å². The molecule has 2 amide bonds. The minimum Gasteiger partial charge on any atom is -0.494 e. The second-order valence-electron chi connectivity index (χ2n) is 10.6. The fourth-order valence-electron chi connectivity index (χ4n) is 5.60. The molecular weight excluding hydrogens is 579 g/mol. The molecule has 2 heterocycles. The molecule has 0 radical (unpaired) electrons. The summed E-state index contributed by atoms with van der Waals surface area (Å²) in [6.07, 6.45) is 2.86. The van der Waals surface area contributed by atoms with Crippen molar-refractivity contribution in [2.75, 3.05) is 67.2 Å². The molecule has 1 unspecified atom stereocenters. The zero-order valence-corrected chi connectivity index (χ0v) is 26.4. The van der Waals surface area contributed by atoms with E-state index in [1.54, 1.807) is 28.8 Å². The number of thioether (sulfide) groups is 1. The first kappa shape index (κ1) is 30.8. The summed E-state index contributed by atoms with van der Waals surface area (Å²) in [5, 5.41) is 3.40. The molecule has 3 aromatic carbocycles. The van der Waals surface area contributed by atoms with Crippen LogP contribution in [0.15, 0.2) is 83.8 Å². The quantitative estimate of drug-likeness (QED) is 0.216. The van der Waals surface area contributed by atoms with Crippen molar-refractivity contribution in [3.63, 3.8) is 0 Å². The van der Waals surface area contributed by atoms with E-state index in [-0.39, 0.29) is 18.2 Å². The van der Waals surface area contributed by atoms with Gasteiger partial charge in [0.05, 0.1) is 18.7 Å². The summed E-state index contributed by atoms with van der Waals surface area (Å²) in [5.41, 5.74) is 2.66. The highest BCUT2D eigenvalue weighted by Crippen LogP contribution is 2.30. The minimum absolute atomic E-state index is 0.0145. The molecule has 10 heteroatoms. The third kappa shape index (κ3) is 7.68. The number of rotatable bonds is 12. The molecule has 3 aromatic rings. The van der Waals surface area contributed by atoms with Crippen LogP contribution in [0.2, 0.25) is 0 Å². The van der Waals surface area contributed by atoms with Gasteiger partial charge in [0.2, 0.25) is 5.91 Å². The van der Waals surface area contributed by atoms with Gasteiger partial charge in [0.1, 0.15) is 11.8 Å². The van der Waals surface area contributed by atoms with Crippen molar-refractivity contribution in [3.8, 4) is 5.75 Å². The first-order chi connectivity index (χ1) is 21.0. The highest BCUT2D eigenvalue weighted by atomic mass is 32.2. The predicted molar refractivity (Wildman–Crippen MR) is 179 cm³/mol. The van der Waals surface area contributed by atoms with Crippen molar-refractivity contribution in [2.45, 2.75) is 30.7 Å². The summed E-state index contributed by atoms with van der Waals surface area (Å²) >= 11 is 7.51. The van der Waals surface area contributed by atoms with E-state index in [9.17, 15) is 9.59 Å². The van der Waals surface area contributed by atoms with Gasteiger partial charge in [-0.25, -0.2) is 0 Å². The van der Waals surface area contributed by atoms with Crippen LogP contribution in [0.25, 0.3) is 0 Å². The summed E-state index contributed by atoms with van der Waals surface area (Å²) in [6.45, 7) is 7.95. The Labute approximate surface area is 264 Å². The van der Waals surface area contributed by atoms with E-state index in [1.165, 1.54) is 5.69 Å². The number of anilines is 3. The number of amides is 2. The number of nitrogens with one attached hydrogen (secondary N) is 1. The van der Waals surface area contributed by atoms with Crippen LogP contribution in [0.3, 0.4) is 0 Å². The van der Waals surface area contributed by atoms with Crippen LogP contribution in [0.4, 0.5) is 17.1 Å². The summed E-state index contributed by atoms with van der Waals surface area (Å²) in [6, 6.07) is 24.9. The predicted octanol–water partition coefficient (Wildman–Crippen LogP) is 5.35. The molecule has 0 bridgehead atoms. The van der Waals surface area contributed by atoms with Crippen molar-refractivity contribution in [1.29, 1.82) is 0 Å². The first-order valence-corrected chi connectivity index (χ1v) is 16.4. The normalized spacial score (nSPS) is 17.4. The molecule has 0 saturated carbocycles. The van der Waals surface area contributed by atoms with Crippen molar-refractivity contribution in [1.82, 2.24) is 9.80 Å². The largest absolute Gasteiger partial charge is 0.494 e. The Bertz CT molecular complexity index is 1400. The average molecular weight is 618 g/mol. The van der Waals surface area contributed by atoms with Crippen LogP contribution >= 0.6 is 24.0 Å². The molecule has 1 N–H and O–H groups in total. The highest BCUT2D eigenvalue weighted by molar-refractivity contribution is 7.98. The Balaban J connectivity index is 1.23. The monoisotopic (exact) mass is 617 g/mol. The SMILES string of the molecule is CCOc1ccc(NC(=O)CC2C(=O)N(c3cccc(SC)c3)C(=S)N2CCCN2CCN(c3ccccc3)CC2)cc1. The molecule has 43 heavy (non-hydrogen) atoms. The van der Waals surface area contributed by atoms with E-state index < -0.39 is 6.04 Å². The van der Waals surface area contributed by atoms with Gasteiger partial charge in [0.15, 0.2) is 5.11 Å². The zero-order valence-electron chi connectivity index (χ0n) is 24.8. The maximum Gasteiger partial charge on any atom is 0.256 e. The van der Waals surface area contributed by atoms with Gasteiger partial charge >= 0.3 is 0 Å². The molecule has 0 aliphatic carbocycles. The van der Waals surface area contributed by atoms with Gasteiger partial charge in [0, 0.05) is 49.0 Å². The van der Waals surface area contributed by atoms with E-state index in [0.29, 0.717) is 24.0 Å². The number of ether oxygens (including phenoxy) is 1. The summed E-state index contributed by atoms with van der Waals surface area (Å²) in [4.78, 5) is 36.5. The van der Waals surface area contributed by atoms with Gasteiger partial charge in [-0.3, -0.25) is 19.4 Å². The van der Waals surface area contributed by atoms with Gasteiger partial charge in [-0.2, -0.15) is 0 Å². The van der Waals surface area contributed by atoms with Crippen LogP contribution in [0, 0.1) is 0 Å². The lowest BCUT2D eigenvalue weighted by Gasteiger charge is -2.36. The Morgan fingerprint density at radius 1 is 0.953 bits per heavy atom. The van der Waals surface area contributed by atoms with Gasteiger partial charge in [-0.1, -0.05) is 24.3 Å². The second-order valence-corrected chi connectivity index (χ2v) is 11.8. The number of thiocarbonyl (C=S) groups is 1. The lowest BCUT2D eigenvalue weighted by atomic mass is 10.1. The fourth-order valence-corrected chi connectivity index (χ4v) is 6.46. The van der Waals surface area contributed by atoms with Crippen LogP contribution < -0.4 is 19.9 Å². The van der Waals surface area contributed by atoms with Gasteiger partial charge < -0.3 is 19.9 Å². The van der Waals surface area contributed by atoms with Crippen LogP contribution in [0.5, 0.6) is 5.75 Å². The lowest BCUT2D eigenvalue weighted by Crippen LogP contribution is -2.47. The molecular formula is C33H39N5O3S2. The summed E-state index contributed by atoms with van der Waals surface area (Å²) in [7, 11) is 0. The molecule has 0 spiro atoms. The summed E-state index contributed by atoms with van der Waals surface area (Å²) in [5.74, 6) is 0.348.